The second-order valence-corrected chi connectivity index (χ2v) is 4.74. The van der Waals surface area contributed by atoms with Crippen LogP contribution in [-0.2, 0) is 11.2 Å². The van der Waals surface area contributed by atoms with Crippen LogP contribution in [0.25, 0.3) is 0 Å². The first-order chi connectivity index (χ1) is 9.04. The molecule has 0 fully saturated rings. The summed E-state index contributed by atoms with van der Waals surface area (Å²) in [6.07, 6.45) is 0.269. The summed E-state index contributed by atoms with van der Waals surface area (Å²) in [4.78, 5) is 11.0. The number of halogens is 1. The number of carboxylic acid groups (broad SMARTS) is 1. The molecule has 1 aliphatic rings. The van der Waals surface area contributed by atoms with Gasteiger partial charge in [0, 0.05) is 11.6 Å². The van der Waals surface area contributed by atoms with Crippen molar-refractivity contribution in [1.29, 1.82) is 0 Å². The Balaban J connectivity index is 2.48. The van der Waals surface area contributed by atoms with Gasteiger partial charge in [0.1, 0.15) is 19.0 Å². The number of fused-ring (bicyclic) bond motifs is 1. The van der Waals surface area contributed by atoms with Crippen molar-refractivity contribution in [1.82, 2.24) is 0 Å². The van der Waals surface area contributed by atoms with E-state index in [1.54, 1.807) is 13.0 Å². The zero-order chi connectivity index (χ0) is 14.0. The Kier molecular flexibility index (Phi) is 4.04. The van der Waals surface area contributed by atoms with Crippen molar-refractivity contribution in [2.45, 2.75) is 13.3 Å². The SMILES string of the molecule is COc1c(Cl)cc2c(c1CC(C)C(=O)O)OCCO2. The smallest absolute Gasteiger partial charge is 0.306 e. The predicted octanol–water partition coefficient (Wildman–Crippen LogP) is 2.38. The molecule has 1 aromatic rings. The first kappa shape index (κ1) is 13.8. The molecule has 0 radical (unpaired) electrons. The van der Waals surface area contributed by atoms with Gasteiger partial charge in [0.15, 0.2) is 11.5 Å². The van der Waals surface area contributed by atoms with Crippen LogP contribution in [0.3, 0.4) is 0 Å². The van der Waals surface area contributed by atoms with Gasteiger partial charge in [-0.25, -0.2) is 0 Å². The van der Waals surface area contributed by atoms with Gasteiger partial charge in [0.25, 0.3) is 0 Å². The molecule has 19 heavy (non-hydrogen) atoms. The Bertz CT molecular complexity index is 500. The van der Waals surface area contributed by atoms with E-state index >= 15 is 0 Å². The molecule has 1 atom stereocenters. The lowest BCUT2D eigenvalue weighted by Gasteiger charge is -2.24. The van der Waals surface area contributed by atoms with E-state index in [1.807, 2.05) is 0 Å². The zero-order valence-corrected chi connectivity index (χ0v) is 11.5. The third kappa shape index (κ3) is 2.71. The van der Waals surface area contributed by atoms with Crippen LogP contribution in [0.4, 0.5) is 0 Å². The van der Waals surface area contributed by atoms with Crippen LogP contribution < -0.4 is 14.2 Å². The predicted molar refractivity (Wildman–Crippen MR) is 69.5 cm³/mol. The average Bonchev–Trinajstić information content (AvgIpc) is 2.38. The van der Waals surface area contributed by atoms with Crippen molar-refractivity contribution in [2.75, 3.05) is 20.3 Å². The van der Waals surface area contributed by atoms with E-state index in [0.717, 1.165) is 0 Å². The summed E-state index contributed by atoms with van der Waals surface area (Å²) < 4.78 is 16.3. The fraction of sp³-hybridized carbons (Fsp3) is 0.462. The summed E-state index contributed by atoms with van der Waals surface area (Å²) in [6.45, 7) is 2.49. The normalized spacial score (nSPS) is 14.9. The fourth-order valence-corrected chi connectivity index (χ4v) is 2.29. The number of hydrogen-bond donors (Lipinski definition) is 1. The van der Waals surface area contributed by atoms with Crippen molar-refractivity contribution < 1.29 is 24.1 Å². The number of rotatable bonds is 4. The number of hydrogen-bond acceptors (Lipinski definition) is 4. The molecule has 0 bridgehead atoms. The van der Waals surface area contributed by atoms with Gasteiger partial charge in [-0.3, -0.25) is 4.79 Å². The summed E-state index contributed by atoms with van der Waals surface area (Å²) in [7, 11) is 1.49. The maximum absolute atomic E-state index is 11.0. The monoisotopic (exact) mass is 286 g/mol. The second-order valence-electron chi connectivity index (χ2n) is 4.34. The minimum absolute atomic E-state index is 0.269. The van der Waals surface area contributed by atoms with E-state index in [1.165, 1.54) is 7.11 Å². The zero-order valence-electron chi connectivity index (χ0n) is 10.7. The Morgan fingerprint density at radius 1 is 1.53 bits per heavy atom. The number of aliphatic carboxylic acids is 1. The van der Waals surface area contributed by atoms with Crippen molar-refractivity contribution in [3.05, 3.63) is 16.7 Å². The van der Waals surface area contributed by atoms with Crippen molar-refractivity contribution in [3.63, 3.8) is 0 Å². The van der Waals surface area contributed by atoms with E-state index in [9.17, 15) is 4.79 Å². The Morgan fingerprint density at radius 2 is 2.21 bits per heavy atom. The molecule has 0 amide bonds. The Labute approximate surface area is 116 Å². The summed E-state index contributed by atoms with van der Waals surface area (Å²) in [5.74, 6) is 0.0544. The van der Waals surface area contributed by atoms with Crippen molar-refractivity contribution in [2.24, 2.45) is 5.92 Å². The van der Waals surface area contributed by atoms with Crippen LogP contribution >= 0.6 is 11.6 Å². The molecule has 0 spiro atoms. The third-order valence-electron chi connectivity index (χ3n) is 2.97. The van der Waals surface area contributed by atoms with Gasteiger partial charge in [-0.05, 0) is 6.42 Å². The van der Waals surface area contributed by atoms with Crippen LogP contribution in [0, 0.1) is 5.92 Å². The van der Waals surface area contributed by atoms with Gasteiger partial charge in [0.2, 0.25) is 0 Å². The van der Waals surface area contributed by atoms with Crippen LogP contribution in [0.1, 0.15) is 12.5 Å². The number of benzene rings is 1. The van der Waals surface area contributed by atoms with Gasteiger partial charge in [-0.2, -0.15) is 0 Å². The molecule has 0 aromatic heterocycles. The molecule has 1 unspecified atom stereocenters. The highest BCUT2D eigenvalue weighted by Crippen LogP contribution is 2.45. The molecule has 6 heteroatoms. The standard InChI is InChI=1S/C13H15ClO5/c1-7(13(15)16)5-8-11(17-2)9(14)6-10-12(8)19-4-3-18-10/h6-7H,3-5H2,1-2H3,(H,15,16). The molecule has 5 nitrogen and oxygen atoms in total. The highest BCUT2D eigenvalue weighted by molar-refractivity contribution is 6.32. The van der Waals surface area contributed by atoms with Gasteiger partial charge >= 0.3 is 5.97 Å². The summed E-state index contributed by atoms with van der Waals surface area (Å²) in [5, 5.41) is 9.42. The highest BCUT2D eigenvalue weighted by atomic mass is 35.5. The lowest BCUT2D eigenvalue weighted by atomic mass is 9.99. The maximum atomic E-state index is 11.0. The van der Waals surface area contributed by atoms with Crippen molar-refractivity contribution in [3.8, 4) is 17.2 Å². The molecule has 1 heterocycles. The van der Waals surface area contributed by atoms with Crippen LogP contribution in [0.5, 0.6) is 17.2 Å². The van der Waals surface area contributed by atoms with E-state index in [-0.39, 0.29) is 6.42 Å². The van der Waals surface area contributed by atoms with Gasteiger partial charge in [-0.15, -0.1) is 0 Å². The lowest BCUT2D eigenvalue weighted by Crippen LogP contribution is -2.19. The van der Waals surface area contributed by atoms with Crippen molar-refractivity contribution >= 4 is 17.6 Å². The molecular weight excluding hydrogens is 272 g/mol. The Hall–Kier alpha value is -1.62. The van der Waals surface area contributed by atoms with E-state index in [2.05, 4.69) is 0 Å². The molecule has 0 aliphatic carbocycles. The fourth-order valence-electron chi connectivity index (χ4n) is 2.00. The molecule has 0 saturated heterocycles. The molecule has 1 N–H and O–H groups in total. The lowest BCUT2D eigenvalue weighted by molar-refractivity contribution is -0.141. The molecule has 0 saturated carbocycles. The number of carboxylic acids is 1. The molecule has 104 valence electrons. The van der Waals surface area contributed by atoms with E-state index in [0.29, 0.717) is 41.0 Å². The molecule has 1 aromatic carbocycles. The minimum Gasteiger partial charge on any atom is -0.495 e. The summed E-state index contributed by atoms with van der Waals surface area (Å²) >= 11 is 6.12. The number of ether oxygens (including phenoxy) is 3. The minimum atomic E-state index is -0.882. The van der Waals surface area contributed by atoms with E-state index < -0.39 is 11.9 Å². The summed E-state index contributed by atoms with van der Waals surface area (Å²) in [6, 6.07) is 1.63. The van der Waals surface area contributed by atoms with E-state index in [4.69, 9.17) is 30.9 Å². The molecule has 1 aliphatic heterocycles. The Morgan fingerprint density at radius 3 is 2.84 bits per heavy atom. The van der Waals surface area contributed by atoms with Gasteiger partial charge in [-0.1, -0.05) is 18.5 Å². The van der Waals surface area contributed by atoms with Crippen LogP contribution in [-0.4, -0.2) is 31.4 Å². The highest BCUT2D eigenvalue weighted by Gasteiger charge is 2.26. The number of methoxy groups -OCH3 is 1. The average molecular weight is 287 g/mol. The van der Waals surface area contributed by atoms with Crippen LogP contribution in [0.2, 0.25) is 5.02 Å². The quantitative estimate of drug-likeness (QED) is 0.920. The first-order valence-corrected chi connectivity index (χ1v) is 6.30. The molecule has 2 rings (SSSR count). The van der Waals surface area contributed by atoms with Gasteiger partial charge < -0.3 is 19.3 Å². The third-order valence-corrected chi connectivity index (χ3v) is 3.25. The maximum Gasteiger partial charge on any atom is 0.306 e. The second kappa shape index (κ2) is 5.57. The largest absolute Gasteiger partial charge is 0.495 e. The van der Waals surface area contributed by atoms with Gasteiger partial charge in [0.05, 0.1) is 18.1 Å². The number of carbonyl (C=O) groups is 1. The first-order valence-electron chi connectivity index (χ1n) is 5.92. The topological polar surface area (TPSA) is 65.0 Å². The van der Waals surface area contributed by atoms with Crippen LogP contribution in [0.15, 0.2) is 6.07 Å². The summed E-state index contributed by atoms with van der Waals surface area (Å²) in [5.41, 5.74) is 0.639. The molecular formula is C13H15ClO5.